The molecule has 0 fully saturated rings. The van der Waals surface area contributed by atoms with E-state index in [1.807, 2.05) is 0 Å². The maximum atomic E-state index is 0. The van der Waals surface area contributed by atoms with Gasteiger partial charge in [0.25, 0.3) is 0 Å². The molecule has 14 valence electrons. The van der Waals surface area contributed by atoms with Gasteiger partial charge in [0, 0.05) is 71.9 Å². The van der Waals surface area contributed by atoms with Gasteiger partial charge in [-0.1, -0.05) is 0 Å². The second-order valence-electron chi connectivity index (χ2n) is 0. The van der Waals surface area contributed by atoms with Crippen molar-refractivity contribution in [3.63, 3.8) is 0 Å². The quantitative estimate of drug-likeness (QED) is 0.389. The normalized spacial score (nSPS) is 0. The molecule has 6 radical (unpaired) electrons. The van der Waals surface area contributed by atoms with Gasteiger partial charge in [0.1, 0.15) is 0 Å². The monoisotopic (exact) mass is 174 g/mol. The van der Waals surface area contributed by atoms with Crippen molar-refractivity contribution >= 4 is 71.9 Å². The van der Waals surface area contributed by atoms with Crippen LogP contribution in [0.2, 0.25) is 0 Å². The first-order valence-corrected chi connectivity index (χ1v) is 0. The van der Waals surface area contributed by atoms with Gasteiger partial charge in [0.05, 0.1) is 0 Å². The van der Waals surface area contributed by atoms with Crippen molar-refractivity contribution in [1.82, 2.24) is 0 Å². The van der Waals surface area contributed by atoms with Crippen LogP contribution in [0.5, 0.6) is 0 Å². The topological polar surface area (TPSA) is 0 Å². The van der Waals surface area contributed by atoms with Crippen LogP contribution < -0.4 is 0 Å². The van der Waals surface area contributed by atoms with E-state index in [1.54, 1.807) is 0 Å². The molecule has 0 aromatic carbocycles. The smallest absolute Gasteiger partial charge is 0 e. The van der Waals surface area contributed by atoms with Gasteiger partial charge in [-0.3, -0.25) is 0 Å². The van der Waals surface area contributed by atoms with Crippen molar-refractivity contribution in [3.8, 4) is 0 Å². The van der Waals surface area contributed by atoms with Crippen molar-refractivity contribution in [2.24, 2.45) is 0 Å². The summed E-state index contributed by atoms with van der Waals surface area (Å²) >= 11 is 0. The van der Waals surface area contributed by atoms with Crippen LogP contribution in [0, 0.1) is 0 Å². The average Bonchev–Trinajstić information content (AvgIpc) is 0. The van der Waals surface area contributed by atoms with E-state index in [1.165, 1.54) is 0 Å². The Bertz CT molecular complexity index is 4.00. The molecule has 0 spiro atoms. The fourth-order valence-electron chi connectivity index (χ4n) is 0. The summed E-state index contributed by atoms with van der Waals surface area (Å²) in [7, 11) is 0. The number of hydrogen-bond donors (Lipinski definition) is 0. The Morgan fingerprint density at radius 1 is 0.500 bits per heavy atom. The molecule has 0 amide bonds. The fourth-order valence-corrected chi connectivity index (χ4v) is 0. The standard InChI is InChI=1S/2Li.2Se. The number of rotatable bonds is 0. The molecule has 0 bridgehead atoms. The van der Waals surface area contributed by atoms with Crippen molar-refractivity contribution in [3.05, 3.63) is 0 Å². The molecule has 0 heterocycles. The summed E-state index contributed by atoms with van der Waals surface area (Å²) in [5.41, 5.74) is 0. The third kappa shape index (κ3) is 8.87. The minimum Gasteiger partial charge on any atom is 0 e. The first-order valence-electron chi connectivity index (χ1n) is 0. The van der Waals surface area contributed by atoms with Crippen LogP contribution in [0.15, 0.2) is 0 Å². The zero-order chi connectivity index (χ0) is 0. The molecule has 4 heavy (non-hydrogen) atoms. The third-order valence-corrected chi connectivity index (χ3v) is 0. The fraction of sp³-hybridized carbons (Fsp3) is 0. The van der Waals surface area contributed by atoms with Crippen LogP contribution >= 0.6 is 0 Å². The van der Waals surface area contributed by atoms with E-state index in [9.17, 15) is 0 Å². The summed E-state index contributed by atoms with van der Waals surface area (Å²) in [6.07, 6.45) is 0. The molecule has 0 atom stereocenters. The summed E-state index contributed by atoms with van der Waals surface area (Å²) < 4.78 is 0. The SMILES string of the molecule is [Li].[Li].[Se].[Se]. The third-order valence-electron chi connectivity index (χ3n) is 0. The minimum absolute atomic E-state index is 0. The van der Waals surface area contributed by atoms with Crippen molar-refractivity contribution < 1.29 is 0 Å². The van der Waals surface area contributed by atoms with Gasteiger partial charge in [-0.2, -0.15) is 0 Å². The van der Waals surface area contributed by atoms with Crippen LogP contribution in [0.25, 0.3) is 0 Å². The number of hydrogen-bond acceptors (Lipinski definition) is 0. The first kappa shape index (κ1) is 34.2. The predicted molar refractivity (Wildman–Crippen MR) is 23.0 cm³/mol. The van der Waals surface area contributed by atoms with Crippen LogP contribution in [0.3, 0.4) is 0 Å². The van der Waals surface area contributed by atoms with Crippen molar-refractivity contribution in [2.45, 2.75) is 0 Å². The molecule has 0 unspecified atom stereocenters. The Morgan fingerprint density at radius 2 is 0.500 bits per heavy atom. The molecule has 0 aromatic rings. The zero-order valence-corrected chi connectivity index (χ0v) is 6.24. The predicted octanol–water partition coefficient (Wildman–Crippen LogP) is -1.52. The van der Waals surface area contributed by atoms with E-state index in [-0.39, 0.29) is 71.9 Å². The van der Waals surface area contributed by atoms with Gasteiger partial charge in [0.2, 0.25) is 0 Å². The molecule has 0 saturated carbocycles. The van der Waals surface area contributed by atoms with Gasteiger partial charge >= 0.3 is 0 Å². The van der Waals surface area contributed by atoms with E-state index in [4.69, 9.17) is 0 Å². The van der Waals surface area contributed by atoms with Crippen LogP contribution in [-0.4, -0.2) is 71.9 Å². The van der Waals surface area contributed by atoms with E-state index in [0.717, 1.165) is 0 Å². The minimum atomic E-state index is 0. The van der Waals surface area contributed by atoms with E-state index in [2.05, 4.69) is 0 Å². The molecule has 0 nitrogen and oxygen atoms in total. The van der Waals surface area contributed by atoms with Crippen molar-refractivity contribution in [2.75, 3.05) is 0 Å². The second-order valence-corrected chi connectivity index (χ2v) is 0. The Morgan fingerprint density at radius 3 is 0.500 bits per heavy atom. The van der Waals surface area contributed by atoms with Crippen LogP contribution in [0.1, 0.15) is 0 Å². The van der Waals surface area contributed by atoms with Crippen LogP contribution in [-0.2, 0) is 0 Å². The Kier molecular flexibility index (Phi) is 161. The molecule has 4 heteroatoms. The molecule has 0 N–H and O–H groups in total. The van der Waals surface area contributed by atoms with E-state index < -0.39 is 0 Å². The van der Waals surface area contributed by atoms with E-state index >= 15 is 0 Å². The second kappa shape index (κ2) is 18.8. The summed E-state index contributed by atoms with van der Waals surface area (Å²) in [6.45, 7) is 0. The van der Waals surface area contributed by atoms with Gasteiger partial charge in [-0.05, 0) is 0 Å². The first-order chi connectivity index (χ1) is 0. The Hall–Kier alpha value is 2.23. The maximum absolute atomic E-state index is 0. The zero-order valence-electron chi connectivity index (χ0n) is 2.82. The Balaban J connectivity index is 0. The largest absolute Gasteiger partial charge is 0 e. The summed E-state index contributed by atoms with van der Waals surface area (Å²) in [5, 5.41) is 0. The van der Waals surface area contributed by atoms with Gasteiger partial charge in [0.15, 0.2) is 0 Å². The molecule has 0 aliphatic carbocycles. The summed E-state index contributed by atoms with van der Waals surface area (Å²) in [5.74, 6) is 0. The summed E-state index contributed by atoms with van der Waals surface area (Å²) in [4.78, 5) is 0. The summed E-state index contributed by atoms with van der Waals surface area (Å²) in [6, 6.07) is 0. The van der Waals surface area contributed by atoms with Gasteiger partial charge in [-0.15, -0.1) is 0 Å². The van der Waals surface area contributed by atoms with Crippen molar-refractivity contribution in [1.29, 1.82) is 0 Å². The van der Waals surface area contributed by atoms with Gasteiger partial charge in [-0.25, -0.2) is 0 Å². The molecular formula is Li2Se2. The molecule has 0 saturated heterocycles. The van der Waals surface area contributed by atoms with E-state index in [0.29, 0.717) is 0 Å². The molecule has 0 aromatic heterocycles. The molecule has 0 rings (SSSR count). The molecule has 0 aliphatic rings. The van der Waals surface area contributed by atoms with Gasteiger partial charge < -0.3 is 0 Å². The average molecular weight is 172 g/mol. The molecular weight excluding hydrogens is 172 g/mol. The Labute approximate surface area is 71.2 Å². The van der Waals surface area contributed by atoms with Crippen LogP contribution in [0.4, 0.5) is 0 Å². The maximum Gasteiger partial charge on any atom is 0 e. The molecule has 0 aliphatic heterocycles.